The van der Waals surface area contributed by atoms with Crippen molar-refractivity contribution in [3.63, 3.8) is 0 Å². The molecular weight excluding hydrogens is 278 g/mol. The molecule has 4 heteroatoms. The van der Waals surface area contributed by atoms with Gasteiger partial charge in [0.05, 0.1) is 5.69 Å². The molecule has 120 valence electrons. The van der Waals surface area contributed by atoms with Crippen molar-refractivity contribution in [2.24, 2.45) is 5.92 Å². The van der Waals surface area contributed by atoms with Crippen LogP contribution in [0.5, 0.6) is 0 Å². The number of nitrogens with zero attached hydrogens (tertiary/aromatic N) is 2. The highest BCUT2D eigenvalue weighted by Gasteiger charge is 2.24. The van der Waals surface area contributed by atoms with Gasteiger partial charge in [0, 0.05) is 24.5 Å². The zero-order chi connectivity index (χ0) is 15.1. The van der Waals surface area contributed by atoms with Gasteiger partial charge in [0.15, 0.2) is 5.13 Å². The summed E-state index contributed by atoms with van der Waals surface area (Å²) in [7, 11) is 0. The summed E-state index contributed by atoms with van der Waals surface area (Å²) in [5.74, 6) is 0.763. The Balaban J connectivity index is 1.98. The molecule has 1 saturated carbocycles. The van der Waals surface area contributed by atoms with Crippen LogP contribution in [0.2, 0.25) is 0 Å². The van der Waals surface area contributed by atoms with Crippen molar-refractivity contribution in [1.29, 1.82) is 0 Å². The molecule has 1 aliphatic carbocycles. The van der Waals surface area contributed by atoms with Gasteiger partial charge in [-0.05, 0) is 38.1 Å². The van der Waals surface area contributed by atoms with Crippen LogP contribution in [-0.4, -0.2) is 24.1 Å². The predicted octanol–water partition coefficient (Wildman–Crippen LogP) is 4.44. The van der Waals surface area contributed by atoms with Gasteiger partial charge in [0.1, 0.15) is 0 Å². The van der Waals surface area contributed by atoms with Crippen LogP contribution in [0.3, 0.4) is 0 Å². The summed E-state index contributed by atoms with van der Waals surface area (Å²) in [5, 5.41) is 6.93. The second-order valence-corrected chi connectivity index (χ2v) is 7.45. The highest BCUT2D eigenvalue weighted by Crippen LogP contribution is 2.31. The van der Waals surface area contributed by atoms with E-state index in [0.717, 1.165) is 31.6 Å². The van der Waals surface area contributed by atoms with Crippen LogP contribution >= 0.6 is 11.3 Å². The Hall–Kier alpha value is -0.610. The van der Waals surface area contributed by atoms with Crippen LogP contribution in [0.25, 0.3) is 0 Å². The van der Waals surface area contributed by atoms with Crippen molar-refractivity contribution in [2.45, 2.75) is 71.9 Å². The third-order valence-electron chi connectivity index (χ3n) is 4.23. The average Bonchev–Trinajstić information content (AvgIpc) is 3.11. The molecule has 0 aliphatic heterocycles. The zero-order valence-electron chi connectivity index (χ0n) is 13.9. The standard InChI is InChI=1S/C17H31N3S/c1-4-10-18-12-15-13-21-17(19-15)20(11-9-14(2)3)16-7-5-6-8-16/h13-14,16,18H,4-12H2,1-3H3. The SMILES string of the molecule is CCCNCc1csc(N(CCC(C)C)C2CCCC2)n1. The predicted molar refractivity (Wildman–Crippen MR) is 93.2 cm³/mol. The second-order valence-electron chi connectivity index (χ2n) is 6.61. The molecule has 0 saturated heterocycles. The number of anilines is 1. The average molecular weight is 310 g/mol. The van der Waals surface area contributed by atoms with E-state index in [4.69, 9.17) is 4.98 Å². The lowest BCUT2D eigenvalue weighted by Crippen LogP contribution is -2.34. The summed E-state index contributed by atoms with van der Waals surface area (Å²) in [5.41, 5.74) is 1.20. The Morgan fingerprint density at radius 3 is 2.81 bits per heavy atom. The lowest BCUT2D eigenvalue weighted by Gasteiger charge is -2.29. The summed E-state index contributed by atoms with van der Waals surface area (Å²) in [6, 6.07) is 0.728. The maximum Gasteiger partial charge on any atom is 0.185 e. The maximum atomic E-state index is 4.89. The summed E-state index contributed by atoms with van der Waals surface area (Å²) < 4.78 is 0. The van der Waals surface area contributed by atoms with Gasteiger partial charge in [-0.2, -0.15) is 0 Å². The lowest BCUT2D eigenvalue weighted by molar-refractivity contribution is 0.527. The Bertz CT molecular complexity index is 396. The summed E-state index contributed by atoms with van der Waals surface area (Å²) >= 11 is 1.83. The fourth-order valence-corrected chi connectivity index (χ4v) is 3.87. The van der Waals surface area contributed by atoms with Crippen LogP contribution in [0.15, 0.2) is 5.38 Å². The Morgan fingerprint density at radius 2 is 2.14 bits per heavy atom. The van der Waals surface area contributed by atoms with Crippen molar-refractivity contribution >= 4 is 16.5 Å². The molecular formula is C17H31N3S. The quantitative estimate of drug-likeness (QED) is 0.684. The summed E-state index contributed by atoms with van der Waals surface area (Å²) in [4.78, 5) is 7.49. The molecule has 3 nitrogen and oxygen atoms in total. The van der Waals surface area contributed by atoms with Crippen molar-refractivity contribution in [3.8, 4) is 0 Å². The third kappa shape index (κ3) is 5.26. The van der Waals surface area contributed by atoms with Gasteiger partial charge in [0.25, 0.3) is 0 Å². The number of thiazole rings is 1. The fraction of sp³-hybridized carbons (Fsp3) is 0.824. The number of rotatable bonds is 9. The Kier molecular flexibility index (Phi) is 6.97. The van der Waals surface area contributed by atoms with Crippen LogP contribution in [0.4, 0.5) is 5.13 Å². The molecule has 1 aromatic heterocycles. The van der Waals surface area contributed by atoms with E-state index in [1.54, 1.807) is 0 Å². The largest absolute Gasteiger partial charge is 0.345 e. The fourth-order valence-electron chi connectivity index (χ4n) is 2.95. The van der Waals surface area contributed by atoms with Gasteiger partial charge in [0.2, 0.25) is 0 Å². The normalized spacial score (nSPS) is 16.0. The van der Waals surface area contributed by atoms with E-state index < -0.39 is 0 Å². The number of hydrogen-bond acceptors (Lipinski definition) is 4. The molecule has 0 unspecified atom stereocenters. The first-order chi connectivity index (χ1) is 10.2. The van der Waals surface area contributed by atoms with Gasteiger partial charge in [-0.15, -0.1) is 11.3 Å². The van der Waals surface area contributed by atoms with Crippen LogP contribution in [0.1, 0.15) is 65.0 Å². The van der Waals surface area contributed by atoms with E-state index in [1.165, 1.54) is 49.4 Å². The van der Waals surface area contributed by atoms with Gasteiger partial charge < -0.3 is 10.2 Å². The van der Waals surface area contributed by atoms with Crippen molar-refractivity contribution < 1.29 is 0 Å². The van der Waals surface area contributed by atoms with Crippen LogP contribution in [-0.2, 0) is 6.54 Å². The Morgan fingerprint density at radius 1 is 1.38 bits per heavy atom. The minimum absolute atomic E-state index is 0.728. The number of hydrogen-bond donors (Lipinski definition) is 1. The lowest BCUT2D eigenvalue weighted by atomic mass is 10.1. The highest BCUT2D eigenvalue weighted by atomic mass is 32.1. The highest BCUT2D eigenvalue weighted by molar-refractivity contribution is 7.13. The molecule has 1 heterocycles. The molecule has 2 rings (SSSR count). The van der Waals surface area contributed by atoms with Gasteiger partial charge in [-0.1, -0.05) is 33.6 Å². The number of aromatic nitrogens is 1. The van der Waals surface area contributed by atoms with E-state index in [2.05, 4.69) is 36.4 Å². The molecule has 1 fully saturated rings. The molecule has 0 bridgehead atoms. The van der Waals surface area contributed by atoms with E-state index >= 15 is 0 Å². The van der Waals surface area contributed by atoms with E-state index in [9.17, 15) is 0 Å². The van der Waals surface area contributed by atoms with Crippen LogP contribution in [0, 0.1) is 5.92 Å². The second kappa shape index (κ2) is 8.74. The van der Waals surface area contributed by atoms with Gasteiger partial charge >= 0.3 is 0 Å². The summed E-state index contributed by atoms with van der Waals surface area (Å²) in [6.07, 6.45) is 7.92. The summed E-state index contributed by atoms with van der Waals surface area (Å²) in [6.45, 7) is 9.98. The monoisotopic (exact) mass is 309 g/mol. The van der Waals surface area contributed by atoms with Gasteiger partial charge in [-0.3, -0.25) is 0 Å². The Labute approximate surface area is 134 Å². The zero-order valence-corrected chi connectivity index (χ0v) is 14.7. The first-order valence-electron chi connectivity index (χ1n) is 8.62. The first-order valence-corrected chi connectivity index (χ1v) is 9.50. The molecule has 0 aromatic carbocycles. The van der Waals surface area contributed by atoms with Crippen molar-refractivity contribution in [2.75, 3.05) is 18.0 Å². The van der Waals surface area contributed by atoms with Crippen molar-refractivity contribution in [3.05, 3.63) is 11.1 Å². The van der Waals surface area contributed by atoms with Crippen molar-refractivity contribution in [1.82, 2.24) is 10.3 Å². The molecule has 0 atom stereocenters. The first kappa shape index (κ1) is 16.8. The molecule has 1 N–H and O–H groups in total. The molecule has 0 spiro atoms. The minimum atomic E-state index is 0.728. The molecule has 0 radical (unpaired) electrons. The molecule has 21 heavy (non-hydrogen) atoms. The maximum absolute atomic E-state index is 4.89. The van der Waals surface area contributed by atoms with E-state index in [0.29, 0.717) is 0 Å². The van der Waals surface area contributed by atoms with E-state index in [-0.39, 0.29) is 0 Å². The smallest absolute Gasteiger partial charge is 0.185 e. The topological polar surface area (TPSA) is 28.2 Å². The molecule has 1 aromatic rings. The number of nitrogens with one attached hydrogen (secondary N) is 1. The van der Waals surface area contributed by atoms with Crippen LogP contribution < -0.4 is 10.2 Å². The van der Waals surface area contributed by atoms with Gasteiger partial charge in [-0.25, -0.2) is 4.98 Å². The molecule has 1 aliphatic rings. The third-order valence-corrected chi connectivity index (χ3v) is 5.16. The van der Waals surface area contributed by atoms with E-state index in [1.807, 2.05) is 11.3 Å². The molecule has 0 amide bonds. The minimum Gasteiger partial charge on any atom is -0.345 e.